The first kappa shape index (κ1) is 26.2. The summed E-state index contributed by atoms with van der Waals surface area (Å²) in [6.07, 6.45) is 5.12. The molecule has 0 amide bonds. The van der Waals surface area contributed by atoms with Gasteiger partial charge in [0, 0.05) is 38.3 Å². The molecular formula is C23H39IN4O3. The fourth-order valence-corrected chi connectivity index (χ4v) is 4.01. The predicted octanol–water partition coefficient (Wildman–Crippen LogP) is 2.76. The van der Waals surface area contributed by atoms with Crippen LogP contribution in [0.2, 0.25) is 0 Å². The summed E-state index contributed by atoms with van der Waals surface area (Å²) in [6, 6.07) is 8.16. The molecule has 1 unspecified atom stereocenters. The van der Waals surface area contributed by atoms with E-state index in [1.807, 2.05) is 32.0 Å². The third-order valence-electron chi connectivity index (χ3n) is 5.62. The highest BCUT2D eigenvalue weighted by Gasteiger charge is 2.25. The minimum atomic E-state index is -0.850. The van der Waals surface area contributed by atoms with Crippen LogP contribution in [0.3, 0.4) is 0 Å². The lowest BCUT2D eigenvalue weighted by Crippen LogP contribution is -2.52. The van der Waals surface area contributed by atoms with E-state index in [0.717, 1.165) is 57.0 Å². The molecule has 1 saturated carbocycles. The number of hydrogen-bond acceptors (Lipinski definition) is 5. The number of aliphatic hydroxyl groups is 1. The van der Waals surface area contributed by atoms with Crippen molar-refractivity contribution in [3.05, 3.63) is 29.8 Å². The largest absolute Gasteiger partial charge is 0.490 e. The number of benzene rings is 1. The van der Waals surface area contributed by atoms with Gasteiger partial charge in [0.15, 0.2) is 5.96 Å². The molecule has 3 N–H and O–H groups in total. The van der Waals surface area contributed by atoms with Crippen LogP contribution in [0.5, 0.6) is 5.75 Å². The third-order valence-corrected chi connectivity index (χ3v) is 5.62. The summed E-state index contributed by atoms with van der Waals surface area (Å²) in [5.41, 5.74) is 0.235. The molecule has 1 atom stereocenters. The second-order valence-corrected chi connectivity index (χ2v) is 8.57. The van der Waals surface area contributed by atoms with Crippen molar-refractivity contribution >= 4 is 29.9 Å². The van der Waals surface area contributed by atoms with E-state index in [1.54, 1.807) is 0 Å². The minimum Gasteiger partial charge on any atom is -0.490 e. The van der Waals surface area contributed by atoms with E-state index in [1.165, 1.54) is 12.8 Å². The maximum absolute atomic E-state index is 10.8. The number of hydrogen-bond donors (Lipinski definition) is 3. The third kappa shape index (κ3) is 9.11. The number of halogens is 1. The number of β-amino-alcohol motifs (C(OH)–C–C–N with tert-alkyl or cyclic N) is 1. The van der Waals surface area contributed by atoms with Crippen molar-refractivity contribution in [3.63, 3.8) is 0 Å². The van der Waals surface area contributed by atoms with Crippen molar-refractivity contribution in [2.75, 3.05) is 45.9 Å². The molecule has 1 aliphatic carbocycles. The maximum Gasteiger partial charge on any atom is 0.191 e. The molecule has 0 radical (unpaired) electrons. The second-order valence-electron chi connectivity index (χ2n) is 8.57. The fourth-order valence-electron chi connectivity index (χ4n) is 4.01. The molecule has 2 aliphatic rings. The Morgan fingerprint density at radius 3 is 2.65 bits per heavy atom. The minimum absolute atomic E-state index is 0. The van der Waals surface area contributed by atoms with Gasteiger partial charge >= 0.3 is 0 Å². The summed E-state index contributed by atoms with van der Waals surface area (Å²) in [4.78, 5) is 6.98. The Bertz CT molecular complexity index is 675. The topological polar surface area (TPSA) is 78.4 Å². The van der Waals surface area contributed by atoms with E-state index in [2.05, 4.69) is 21.6 Å². The fraction of sp³-hybridized carbons (Fsp3) is 0.696. The Labute approximate surface area is 204 Å². The number of nitrogens with one attached hydrogen (secondary N) is 2. The van der Waals surface area contributed by atoms with E-state index in [9.17, 15) is 5.11 Å². The van der Waals surface area contributed by atoms with Gasteiger partial charge in [0.05, 0.1) is 31.5 Å². The standard InChI is InChI=1S/C23H38N4O3.HI/c1-3-24-22(26-17-23(2,28)18-27-12-14-29-15-13-27)25-16-19-8-4-7-11-21(19)30-20-9-5-6-10-20;/h4,7-8,11,20,28H,3,5-6,9-10,12-18H2,1-2H3,(H2,24,25,26);1H. The Hall–Kier alpha value is -1.10. The quantitative estimate of drug-likeness (QED) is 0.251. The number of ether oxygens (including phenoxy) is 2. The van der Waals surface area contributed by atoms with Gasteiger partial charge in [-0.2, -0.15) is 0 Å². The van der Waals surface area contributed by atoms with E-state index in [4.69, 9.17) is 14.5 Å². The molecule has 1 aliphatic heterocycles. The van der Waals surface area contributed by atoms with E-state index in [-0.39, 0.29) is 24.0 Å². The molecule has 31 heavy (non-hydrogen) atoms. The normalized spacial score (nSPS) is 20.0. The molecule has 2 fully saturated rings. The van der Waals surface area contributed by atoms with Crippen LogP contribution in [-0.4, -0.2) is 73.6 Å². The van der Waals surface area contributed by atoms with E-state index < -0.39 is 5.60 Å². The van der Waals surface area contributed by atoms with Crippen molar-refractivity contribution in [3.8, 4) is 5.75 Å². The summed E-state index contributed by atoms with van der Waals surface area (Å²) in [6.45, 7) is 9.43. The van der Waals surface area contributed by atoms with Crippen molar-refractivity contribution in [2.45, 2.75) is 57.8 Å². The molecule has 0 spiro atoms. The van der Waals surface area contributed by atoms with Gasteiger partial charge in [-0.05, 0) is 45.6 Å². The lowest BCUT2D eigenvalue weighted by Gasteiger charge is -2.34. The van der Waals surface area contributed by atoms with Gasteiger partial charge in [-0.25, -0.2) is 4.99 Å². The van der Waals surface area contributed by atoms with Crippen molar-refractivity contribution in [2.24, 2.45) is 4.99 Å². The smallest absolute Gasteiger partial charge is 0.191 e. The molecule has 8 heteroatoms. The Morgan fingerprint density at radius 2 is 1.94 bits per heavy atom. The zero-order valence-corrected chi connectivity index (χ0v) is 21.3. The predicted molar refractivity (Wildman–Crippen MR) is 135 cm³/mol. The Balaban J connectivity index is 0.00000341. The van der Waals surface area contributed by atoms with Gasteiger partial charge in [-0.15, -0.1) is 24.0 Å². The molecule has 1 aromatic carbocycles. The number of para-hydroxylation sites is 1. The summed E-state index contributed by atoms with van der Waals surface area (Å²) in [5.74, 6) is 1.64. The number of nitrogens with zero attached hydrogens (tertiary/aromatic N) is 2. The molecule has 3 rings (SSSR count). The van der Waals surface area contributed by atoms with Crippen LogP contribution < -0.4 is 15.4 Å². The second kappa shape index (κ2) is 13.4. The van der Waals surface area contributed by atoms with E-state index in [0.29, 0.717) is 31.7 Å². The van der Waals surface area contributed by atoms with Gasteiger partial charge in [-0.3, -0.25) is 4.90 Å². The van der Waals surface area contributed by atoms with Gasteiger partial charge in [-0.1, -0.05) is 18.2 Å². The van der Waals surface area contributed by atoms with Crippen molar-refractivity contribution in [1.82, 2.24) is 15.5 Å². The van der Waals surface area contributed by atoms with Crippen molar-refractivity contribution < 1.29 is 14.6 Å². The first-order chi connectivity index (χ1) is 14.6. The highest BCUT2D eigenvalue weighted by molar-refractivity contribution is 14.0. The number of aliphatic imine (C=N–C) groups is 1. The number of guanidine groups is 1. The number of morpholine rings is 1. The SMILES string of the molecule is CCNC(=NCc1ccccc1OC1CCCC1)NCC(C)(O)CN1CCOCC1.I. The first-order valence-corrected chi connectivity index (χ1v) is 11.3. The Morgan fingerprint density at radius 1 is 1.23 bits per heavy atom. The average Bonchev–Trinajstić information content (AvgIpc) is 3.25. The van der Waals surface area contributed by atoms with Gasteiger partial charge in [0.25, 0.3) is 0 Å². The molecular weight excluding hydrogens is 507 g/mol. The van der Waals surface area contributed by atoms with Crippen LogP contribution >= 0.6 is 24.0 Å². The van der Waals surface area contributed by atoms with Crippen molar-refractivity contribution in [1.29, 1.82) is 0 Å². The highest BCUT2D eigenvalue weighted by atomic mass is 127. The zero-order chi connectivity index (χ0) is 21.2. The van der Waals surface area contributed by atoms with Crippen LogP contribution in [-0.2, 0) is 11.3 Å². The molecule has 0 aromatic heterocycles. The van der Waals surface area contributed by atoms with Gasteiger partial charge < -0.3 is 25.2 Å². The van der Waals surface area contributed by atoms with Gasteiger partial charge in [0.2, 0.25) is 0 Å². The van der Waals surface area contributed by atoms with Gasteiger partial charge in [0.1, 0.15) is 5.75 Å². The van der Waals surface area contributed by atoms with Crippen LogP contribution in [0.1, 0.15) is 45.1 Å². The first-order valence-electron chi connectivity index (χ1n) is 11.3. The summed E-state index contributed by atoms with van der Waals surface area (Å²) in [5, 5.41) is 17.4. The number of rotatable bonds is 9. The summed E-state index contributed by atoms with van der Waals surface area (Å²) < 4.78 is 11.6. The summed E-state index contributed by atoms with van der Waals surface area (Å²) >= 11 is 0. The van der Waals surface area contributed by atoms with E-state index >= 15 is 0 Å². The monoisotopic (exact) mass is 546 g/mol. The Kier molecular flexibility index (Phi) is 11.3. The lowest BCUT2D eigenvalue weighted by atomic mass is 10.1. The van der Waals surface area contributed by atoms with Crippen LogP contribution in [0, 0.1) is 0 Å². The van der Waals surface area contributed by atoms with Crippen LogP contribution in [0.25, 0.3) is 0 Å². The van der Waals surface area contributed by atoms with Crippen LogP contribution in [0.4, 0.5) is 0 Å². The average molecular weight is 546 g/mol. The molecule has 0 bridgehead atoms. The molecule has 1 aromatic rings. The maximum atomic E-state index is 10.8. The van der Waals surface area contributed by atoms with Crippen LogP contribution in [0.15, 0.2) is 29.3 Å². The lowest BCUT2D eigenvalue weighted by molar-refractivity contribution is -0.0201. The highest BCUT2D eigenvalue weighted by Crippen LogP contribution is 2.27. The molecule has 1 saturated heterocycles. The molecule has 176 valence electrons. The zero-order valence-electron chi connectivity index (χ0n) is 18.9. The molecule has 1 heterocycles. The summed E-state index contributed by atoms with van der Waals surface area (Å²) in [7, 11) is 0. The molecule has 7 nitrogen and oxygen atoms in total.